The third kappa shape index (κ3) is 6.04. The van der Waals surface area contributed by atoms with Crippen molar-refractivity contribution in [1.29, 1.82) is 0 Å². The van der Waals surface area contributed by atoms with Crippen molar-refractivity contribution in [3.63, 3.8) is 0 Å². The van der Waals surface area contributed by atoms with Gasteiger partial charge in [0.2, 0.25) is 5.91 Å². The predicted molar refractivity (Wildman–Crippen MR) is 106 cm³/mol. The lowest BCUT2D eigenvalue weighted by Gasteiger charge is -2.22. The van der Waals surface area contributed by atoms with Gasteiger partial charge in [-0.2, -0.15) is 0 Å². The monoisotopic (exact) mass is 359 g/mol. The maximum atomic E-state index is 12.6. The van der Waals surface area contributed by atoms with E-state index < -0.39 is 0 Å². The van der Waals surface area contributed by atoms with Crippen LogP contribution in [-0.2, 0) is 4.79 Å². The molecule has 2 amide bonds. The lowest BCUT2D eigenvalue weighted by molar-refractivity contribution is -0.129. The predicted octanol–water partition coefficient (Wildman–Crippen LogP) is 3.76. The number of likely N-dealkylation sites (tertiary alicyclic amines) is 1. The third-order valence-electron chi connectivity index (χ3n) is 4.81. The van der Waals surface area contributed by atoms with Gasteiger partial charge in [0.25, 0.3) is 5.91 Å². The highest BCUT2D eigenvalue weighted by atomic mass is 16.2. The van der Waals surface area contributed by atoms with Gasteiger partial charge in [-0.05, 0) is 49.9 Å². The Morgan fingerprint density at radius 1 is 0.962 bits per heavy atom. The molecular weight excluding hydrogens is 326 g/mol. The number of benzene rings is 1. The molecule has 144 valence electrons. The fourth-order valence-corrected chi connectivity index (χ4v) is 3.38. The van der Waals surface area contributed by atoms with Gasteiger partial charge in [-0.1, -0.05) is 26.7 Å². The summed E-state index contributed by atoms with van der Waals surface area (Å²) in [6.07, 6.45) is 6.57. The Kier molecular flexibility index (Phi) is 8.45. The summed E-state index contributed by atoms with van der Waals surface area (Å²) in [5.41, 5.74) is 1.60. The van der Waals surface area contributed by atoms with Crippen molar-refractivity contribution in [2.24, 2.45) is 0 Å². The quantitative estimate of drug-likeness (QED) is 0.769. The molecule has 1 fully saturated rings. The molecule has 5 heteroatoms. The molecule has 1 N–H and O–H groups in total. The van der Waals surface area contributed by atoms with Crippen LogP contribution in [0.4, 0.5) is 5.69 Å². The van der Waals surface area contributed by atoms with Crippen molar-refractivity contribution in [3.8, 4) is 0 Å². The van der Waals surface area contributed by atoms with Crippen molar-refractivity contribution in [2.75, 3.05) is 38.0 Å². The zero-order valence-corrected chi connectivity index (χ0v) is 16.3. The Hall–Kier alpha value is -2.04. The minimum Gasteiger partial charge on any atom is -0.376 e. The van der Waals surface area contributed by atoms with Crippen molar-refractivity contribution in [2.45, 2.75) is 52.4 Å². The average molecular weight is 360 g/mol. The van der Waals surface area contributed by atoms with Crippen molar-refractivity contribution in [1.82, 2.24) is 9.80 Å². The van der Waals surface area contributed by atoms with E-state index in [1.165, 1.54) is 12.8 Å². The first-order chi connectivity index (χ1) is 12.7. The SMILES string of the molecule is CCCN(CCC)C(=O)CNc1ccc(C(=O)N2CCCCCC2)cc1. The van der Waals surface area contributed by atoms with Gasteiger partial charge in [0.15, 0.2) is 0 Å². The maximum absolute atomic E-state index is 12.6. The summed E-state index contributed by atoms with van der Waals surface area (Å²) in [5.74, 6) is 0.241. The second-order valence-electron chi connectivity index (χ2n) is 7.02. The molecule has 1 aromatic carbocycles. The molecule has 2 rings (SSSR count). The van der Waals surface area contributed by atoms with Crippen molar-refractivity contribution < 1.29 is 9.59 Å². The van der Waals surface area contributed by atoms with E-state index >= 15 is 0 Å². The second kappa shape index (κ2) is 10.8. The van der Waals surface area contributed by atoms with Gasteiger partial charge in [-0.15, -0.1) is 0 Å². The number of carbonyl (C=O) groups excluding carboxylic acids is 2. The number of carbonyl (C=O) groups is 2. The lowest BCUT2D eigenvalue weighted by Crippen LogP contribution is -2.36. The second-order valence-corrected chi connectivity index (χ2v) is 7.02. The highest BCUT2D eigenvalue weighted by Crippen LogP contribution is 2.15. The molecule has 26 heavy (non-hydrogen) atoms. The van der Waals surface area contributed by atoms with Crippen molar-refractivity contribution in [3.05, 3.63) is 29.8 Å². The summed E-state index contributed by atoms with van der Waals surface area (Å²) >= 11 is 0. The molecule has 1 aliphatic heterocycles. The number of nitrogens with zero attached hydrogens (tertiary/aromatic N) is 2. The van der Waals surface area contributed by atoms with Crippen LogP contribution in [0.15, 0.2) is 24.3 Å². The number of anilines is 1. The van der Waals surface area contributed by atoms with E-state index in [4.69, 9.17) is 0 Å². The fourth-order valence-electron chi connectivity index (χ4n) is 3.38. The molecule has 0 radical (unpaired) electrons. The molecule has 0 atom stereocenters. The summed E-state index contributed by atoms with van der Waals surface area (Å²) in [6.45, 7) is 7.79. The van der Waals surface area contributed by atoms with Gasteiger partial charge in [-0.25, -0.2) is 0 Å². The molecule has 1 saturated heterocycles. The van der Waals surface area contributed by atoms with E-state index in [1.54, 1.807) is 0 Å². The van der Waals surface area contributed by atoms with E-state index in [9.17, 15) is 9.59 Å². The zero-order chi connectivity index (χ0) is 18.8. The Morgan fingerprint density at radius 2 is 1.54 bits per heavy atom. The Bertz CT molecular complexity index is 557. The maximum Gasteiger partial charge on any atom is 0.253 e. The van der Waals surface area contributed by atoms with Crippen molar-refractivity contribution >= 4 is 17.5 Å². The summed E-state index contributed by atoms with van der Waals surface area (Å²) in [4.78, 5) is 28.8. The largest absolute Gasteiger partial charge is 0.376 e. The Balaban J connectivity index is 1.88. The molecular formula is C21H33N3O2. The van der Waals surface area contributed by atoms with Gasteiger partial charge < -0.3 is 15.1 Å². The fraction of sp³-hybridized carbons (Fsp3) is 0.619. The first kappa shape index (κ1) is 20.3. The van der Waals surface area contributed by atoms with Crippen LogP contribution in [0.2, 0.25) is 0 Å². The summed E-state index contributed by atoms with van der Waals surface area (Å²) < 4.78 is 0. The van der Waals surface area contributed by atoms with Gasteiger partial charge in [0, 0.05) is 37.4 Å². The highest BCUT2D eigenvalue weighted by molar-refractivity contribution is 5.94. The zero-order valence-electron chi connectivity index (χ0n) is 16.3. The van der Waals surface area contributed by atoms with Gasteiger partial charge in [-0.3, -0.25) is 9.59 Å². The highest BCUT2D eigenvalue weighted by Gasteiger charge is 2.17. The molecule has 1 aliphatic rings. The molecule has 1 aromatic rings. The number of hydrogen-bond donors (Lipinski definition) is 1. The van der Waals surface area contributed by atoms with Gasteiger partial charge in [0.05, 0.1) is 6.54 Å². The summed E-state index contributed by atoms with van der Waals surface area (Å²) in [7, 11) is 0. The molecule has 0 saturated carbocycles. The molecule has 0 aliphatic carbocycles. The molecule has 1 heterocycles. The van der Waals surface area contributed by atoms with Gasteiger partial charge in [0.1, 0.15) is 0 Å². The summed E-state index contributed by atoms with van der Waals surface area (Å²) in [6, 6.07) is 7.50. The number of rotatable bonds is 8. The molecule has 0 bridgehead atoms. The minimum absolute atomic E-state index is 0.117. The molecule has 0 aromatic heterocycles. The van der Waals surface area contributed by atoms with Crippen LogP contribution in [0.1, 0.15) is 62.7 Å². The Morgan fingerprint density at radius 3 is 2.08 bits per heavy atom. The van der Waals surface area contributed by atoms with Crippen LogP contribution >= 0.6 is 0 Å². The lowest BCUT2D eigenvalue weighted by atomic mass is 10.1. The first-order valence-corrected chi connectivity index (χ1v) is 10.1. The Labute approximate surface area is 157 Å². The van der Waals surface area contributed by atoms with E-state index in [0.717, 1.165) is 63.1 Å². The standard InChI is InChI=1S/C21H33N3O2/c1-3-13-23(14-4-2)20(25)17-22-19-11-9-18(10-12-19)21(26)24-15-7-5-6-8-16-24/h9-12,22H,3-8,13-17H2,1-2H3. The van der Waals surface area contributed by atoms with E-state index in [-0.39, 0.29) is 11.8 Å². The van der Waals surface area contributed by atoms with Gasteiger partial charge >= 0.3 is 0 Å². The molecule has 0 spiro atoms. The number of nitrogens with one attached hydrogen (secondary N) is 1. The number of amides is 2. The van der Waals surface area contributed by atoms with E-state index in [1.807, 2.05) is 34.1 Å². The van der Waals surface area contributed by atoms with Crippen LogP contribution in [0.25, 0.3) is 0 Å². The van der Waals surface area contributed by atoms with E-state index in [0.29, 0.717) is 6.54 Å². The normalized spacial score (nSPS) is 14.6. The molecule has 0 unspecified atom stereocenters. The number of hydrogen-bond acceptors (Lipinski definition) is 3. The average Bonchev–Trinajstić information content (AvgIpc) is 2.95. The van der Waals surface area contributed by atoms with Crippen LogP contribution in [-0.4, -0.2) is 54.3 Å². The molecule has 5 nitrogen and oxygen atoms in total. The van der Waals surface area contributed by atoms with Crippen LogP contribution in [0.3, 0.4) is 0 Å². The van der Waals surface area contributed by atoms with Crippen LogP contribution in [0, 0.1) is 0 Å². The first-order valence-electron chi connectivity index (χ1n) is 10.1. The topological polar surface area (TPSA) is 52.7 Å². The van der Waals surface area contributed by atoms with Crippen LogP contribution in [0.5, 0.6) is 0 Å². The summed E-state index contributed by atoms with van der Waals surface area (Å²) in [5, 5.41) is 3.18. The van der Waals surface area contributed by atoms with E-state index in [2.05, 4.69) is 19.2 Å². The third-order valence-corrected chi connectivity index (χ3v) is 4.81. The minimum atomic E-state index is 0.117. The van der Waals surface area contributed by atoms with Crippen LogP contribution < -0.4 is 5.32 Å². The smallest absolute Gasteiger partial charge is 0.253 e.